The zero-order chi connectivity index (χ0) is 15.7. The number of nitrogens with one attached hydrogen (secondary N) is 1. The Kier molecular flexibility index (Phi) is 8.06. The van der Waals surface area contributed by atoms with E-state index < -0.39 is 0 Å². The van der Waals surface area contributed by atoms with Gasteiger partial charge in [0.1, 0.15) is 0 Å². The lowest BCUT2D eigenvalue weighted by atomic mass is 9.94. The molecule has 3 nitrogen and oxygen atoms in total. The first-order valence-electron chi connectivity index (χ1n) is 7.95. The maximum absolute atomic E-state index is 11.9. The molecule has 1 amide bonds. The second kappa shape index (κ2) is 9.56. The van der Waals surface area contributed by atoms with Gasteiger partial charge in [0.2, 0.25) is 5.91 Å². The highest BCUT2D eigenvalue weighted by Crippen LogP contribution is 2.22. The van der Waals surface area contributed by atoms with E-state index in [4.69, 9.17) is 4.74 Å². The van der Waals surface area contributed by atoms with Gasteiger partial charge in [-0.3, -0.25) is 4.79 Å². The average Bonchev–Trinajstić information content (AvgIpc) is 2.49. The highest BCUT2D eigenvalue weighted by Gasteiger charge is 2.18. The lowest BCUT2D eigenvalue weighted by molar-refractivity contribution is -0.123. The van der Waals surface area contributed by atoms with Gasteiger partial charge in [-0.05, 0) is 29.9 Å². The molecule has 0 aromatic heterocycles. The lowest BCUT2D eigenvalue weighted by Crippen LogP contribution is -2.32. The van der Waals surface area contributed by atoms with Crippen molar-refractivity contribution in [2.75, 3.05) is 13.7 Å². The lowest BCUT2D eigenvalue weighted by Gasteiger charge is -2.23. The number of ether oxygens (including phenoxy) is 1. The standard InChI is InChI=1S/C18H29NO2/c1-5-6-7-15-8-10-16(11-9-15)18(14(2)3)19-17(20)12-13-21-4/h8-11,14,18H,5-7,12-13H2,1-4H3,(H,19,20). The third kappa shape index (κ3) is 6.30. The zero-order valence-electron chi connectivity index (χ0n) is 13.8. The van der Waals surface area contributed by atoms with Gasteiger partial charge in [-0.2, -0.15) is 0 Å². The molecule has 118 valence electrons. The Morgan fingerprint density at radius 2 is 1.90 bits per heavy atom. The van der Waals surface area contributed by atoms with Gasteiger partial charge in [0.15, 0.2) is 0 Å². The Balaban J connectivity index is 2.69. The van der Waals surface area contributed by atoms with E-state index in [1.165, 1.54) is 24.0 Å². The number of hydrogen-bond acceptors (Lipinski definition) is 2. The molecule has 0 aliphatic carbocycles. The van der Waals surface area contributed by atoms with Crippen LogP contribution in [0.1, 0.15) is 57.2 Å². The molecule has 1 N–H and O–H groups in total. The van der Waals surface area contributed by atoms with Crippen molar-refractivity contribution in [3.63, 3.8) is 0 Å². The van der Waals surface area contributed by atoms with Crippen LogP contribution in [0.3, 0.4) is 0 Å². The van der Waals surface area contributed by atoms with Gasteiger partial charge in [-0.25, -0.2) is 0 Å². The van der Waals surface area contributed by atoms with E-state index >= 15 is 0 Å². The number of carbonyl (C=O) groups is 1. The molecule has 1 rings (SSSR count). The molecular formula is C18H29NO2. The number of amides is 1. The third-order valence-electron chi connectivity index (χ3n) is 3.67. The van der Waals surface area contributed by atoms with E-state index in [1.807, 2.05) is 0 Å². The summed E-state index contributed by atoms with van der Waals surface area (Å²) in [5, 5.41) is 3.11. The molecule has 0 saturated carbocycles. The average molecular weight is 291 g/mol. The summed E-state index contributed by atoms with van der Waals surface area (Å²) in [6.07, 6.45) is 3.98. The van der Waals surface area contributed by atoms with E-state index in [9.17, 15) is 4.79 Å². The fraction of sp³-hybridized carbons (Fsp3) is 0.611. The number of aryl methyl sites for hydroxylation is 1. The Hall–Kier alpha value is -1.35. The molecule has 0 heterocycles. The summed E-state index contributed by atoms with van der Waals surface area (Å²) < 4.78 is 4.95. The summed E-state index contributed by atoms with van der Waals surface area (Å²) in [4.78, 5) is 11.9. The summed E-state index contributed by atoms with van der Waals surface area (Å²) in [6.45, 7) is 6.93. The smallest absolute Gasteiger partial charge is 0.222 e. The van der Waals surface area contributed by atoms with E-state index in [1.54, 1.807) is 7.11 Å². The van der Waals surface area contributed by atoms with Crippen LogP contribution in [0.4, 0.5) is 0 Å². The normalized spacial score (nSPS) is 12.4. The van der Waals surface area contributed by atoms with Crippen LogP contribution in [-0.2, 0) is 16.0 Å². The number of rotatable bonds is 9. The van der Waals surface area contributed by atoms with Crippen LogP contribution in [0.25, 0.3) is 0 Å². The fourth-order valence-electron chi connectivity index (χ4n) is 2.35. The van der Waals surface area contributed by atoms with Crippen molar-refractivity contribution in [2.24, 2.45) is 5.92 Å². The first kappa shape index (κ1) is 17.7. The van der Waals surface area contributed by atoms with Gasteiger partial charge in [-0.1, -0.05) is 51.5 Å². The minimum absolute atomic E-state index is 0.0469. The largest absolute Gasteiger partial charge is 0.384 e. The molecule has 1 unspecified atom stereocenters. The van der Waals surface area contributed by atoms with Crippen molar-refractivity contribution in [3.05, 3.63) is 35.4 Å². The van der Waals surface area contributed by atoms with E-state index in [2.05, 4.69) is 50.4 Å². The second-order valence-corrected chi connectivity index (χ2v) is 5.88. The van der Waals surface area contributed by atoms with E-state index in [0.717, 1.165) is 6.42 Å². The molecule has 0 bridgehead atoms. The fourth-order valence-corrected chi connectivity index (χ4v) is 2.35. The van der Waals surface area contributed by atoms with Gasteiger partial charge >= 0.3 is 0 Å². The van der Waals surface area contributed by atoms with E-state index in [-0.39, 0.29) is 11.9 Å². The number of hydrogen-bond donors (Lipinski definition) is 1. The van der Waals surface area contributed by atoms with Crippen LogP contribution in [0, 0.1) is 5.92 Å². The molecule has 0 saturated heterocycles. The van der Waals surface area contributed by atoms with Crippen molar-refractivity contribution >= 4 is 5.91 Å². The van der Waals surface area contributed by atoms with Crippen molar-refractivity contribution in [3.8, 4) is 0 Å². The Morgan fingerprint density at radius 1 is 1.24 bits per heavy atom. The number of methoxy groups -OCH3 is 1. The summed E-state index contributed by atoms with van der Waals surface area (Å²) in [5.41, 5.74) is 2.55. The minimum Gasteiger partial charge on any atom is -0.384 e. The number of unbranched alkanes of at least 4 members (excludes halogenated alkanes) is 1. The molecule has 0 aliphatic heterocycles. The molecule has 21 heavy (non-hydrogen) atoms. The molecule has 0 radical (unpaired) electrons. The van der Waals surface area contributed by atoms with Gasteiger partial charge in [0.25, 0.3) is 0 Å². The second-order valence-electron chi connectivity index (χ2n) is 5.88. The molecule has 0 spiro atoms. The summed E-state index contributed by atoms with van der Waals surface area (Å²) >= 11 is 0. The van der Waals surface area contributed by atoms with Gasteiger partial charge in [-0.15, -0.1) is 0 Å². The SMILES string of the molecule is CCCCc1ccc(C(NC(=O)CCOC)C(C)C)cc1. The molecule has 1 aromatic rings. The monoisotopic (exact) mass is 291 g/mol. The predicted octanol–water partition coefficient (Wildman–Crippen LogP) is 3.88. The van der Waals surface area contributed by atoms with Gasteiger partial charge < -0.3 is 10.1 Å². The van der Waals surface area contributed by atoms with Crippen LogP contribution in [0.2, 0.25) is 0 Å². The molecule has 3 heteroatoms. The van der Waals surface area contributed by atoms with Crippen LogP contribution in [0.5, 0.6) is 0 Å². The highest BCUT2D eigenvalue weighted by molar-refractivity contribution is 5.76. The topological polar surface area (TPSA) is 38.3 Å². The molecular weight excluding hydrogens is 262 g/mol. The van der Waals surface area contributed by atoms with Crippen LogP contribution in [0.15, 0.2) is 24.3 Å². The maximum atomic E-state index is 11.9. The predicted molar refractivity (Wildman–Crippen MR) is 87.3 cm³/mol. The summed E-state index contributed by atoms with van der Waals surface area (Å²) in [7, 11) is 1.61. The molecule has 0 fully saturated rings. The number of carbonyl (C=O) groups excluding carboxylic acids is 1. The van der Waals surface area contributed by atoms with Crippen LogP contribution in [-0.4, -0.2) is 19.6 Å². The first-order chi connectivity index (χ1) is 10.1. The highest BCUT2D eigenvalue weighted by atomic mass is 16.5. The maximum Gasteiger partial charge on any atom is 0.222 e. The van der Waals surface area contributed by atoms with Crippen molar-refractivity contribution in [1.29, 1.82) is 0 Å². The van der Waals surface area contributed by atoms with Crippen LogP contribution >= 0.6 is 0 Å². The Bertz CT molecular complexity index is 412. The van der Waals surface area contributed by atoms with Gasteiger partial charge in [0, 0.05) is 13.5 Å². The Labute approximate surface area is 129 Å². The molecule has 1 atom stereocenters. The van der Waals surface area contributed by atoms with Crippen molar-refractivity contribution in [1.82, 2.24) is 5.32 Å². The minimum atomic E-state index is 0.0469. The summed E-state index contributed by atoms with van der Waals surface area (Å²) in [6, 6.07) is 8.72. The van der Waals surface area contributed by atoms with Crippen molar-refractivity contribution < 1.29 is 9.53 Å². The molecule has 1 aromatic carbocycles. The van der Waals surface area contributed by atoms with Gasteiger partial charge in [0.05, 0.1) is 12.6 Å². The Morgan fingerprint density at radius 3 is 2.43 bits per heavy atom. The molecule has 0 aliphatic rings. The van der Waals surface area contributed by atoms with Crippen LogP contribution < -0.4 is 5.32 Å². The summed E-state index contributed by atoms with van der Waals surface area (Å²) in [5.74, 6) is 0.406. The number of benzene rings is 1. The third-order valence-corrected chi connectivity index (χ3v) is 3.67. The zero-order valence-corrected chi connectivity index (χ0v) is 13.8. The van der Waals surface area contributed by atoms with Crippen molar-refractivity contribution in [2.45, 2.75) is 52.5 Å². The quantitative estimate of drug-likeness (QED) is 0.750. The first-order valence-corrected chi connectivity index (χ1v) is 7.95. The van der Waals surface area contributed by atoms with E-state index in [0.29, 0.717) is 18.9 Å².